The van der Waals surface area contributed by atoms with Gasteiger partial charge in [-0.15, -0.1) is 0 Å². The molecule has 2 atom stereocenters. The fraction of sp³-hybridized carbons (Fsp3) is 0.467. The van der Waals surface area contributed by atoms with E-state index >= 15 is 0 Å². The lowest BCUT2D eigenvalue weighted by molar-refractivity contribution is 0.0678. The van der Waals surface area contributed by atoms with Crippen molar-refractivity contribution in [3.05, 3.63) is 35.1 Å². The first kappa shape index (κ1) is 15.4. The number of methoxy groups -OCH3 is 1. The minimum atomic E-state index is -1.23. The molecule has 0 aliphatic heterocycles. The van der Waals surface area contributed by atoms with Gasteiger partial charge in [0.15, 0.2) is 0 Å². The number of carbonyl (C=O) groups excluding carboxylic acids is 1. The van der Waals surface area contributed by atoms with Crippen molar-refractivity contribution in [2.75, 3.05) is 13.7 Å². The molecule has 1 amide bonds. The van der Waals surface area contributed by atoms with Crippen LogP contribution in [0.15, 0.2) is 18.2 Å². The summed E-state index contributed by atoms with van der Waals surface area (Å²) in [6.45, 7) is 0.428. The van der Waals surface area contributed by atoms with Gasteiger partial charge in [0, 0.05) is 19.6 Å². The highest BCUT2D eigenvalue weighted by atomic mass is 19.1. The Labute approximate surface area is 122 Å². The molecule has 0 bridgehead atoms. The second kappa shape index (κ2) is 6.67. The summed E-state index contributed by atoms with van der Waals surface area (Å²) in [4.78, 5) is 22.7. The van der Waals surface area contributed by atoms with E-state index in [9.17, 15) is 14.0 Å². The monoisotopic (exact) mass is 295 g/mol. The highest BCUT2D eigenvalue weighted by Crippen LogP contribution is 2.27. The smallest absolute Gasteiger partial charge is 0.335 e. The normalized spacial score (nSPS) is 21.2. The van der Waals surface area contributed by atoms with Crippen LogP contribution in [0.25, 0.3) is 0 Å². The predicted octanol–water partition coefficient (Wildman–Crippen LogP) is 2.07. The third kappa shape index (κ3) is 3.58. The van der Waals surface area contributed by atoms with Crippen molar-refractivity contribution >= 4 is 11.9 Å². The average Bonchev–Trinajstić information content (AvgIpc) is 2.91. The maximum absolute atomic E-state index is 13.8. The van der Waals surface area contributed by atoms with Crippen LogP contribution in [0.5, 0.6) is 0 Å². The summed E-state index contributed by atoms with van der Waals surface area (Å²) < 4.78 is 19.1. The third-order valence-electron chi connectivity index (χ3n) is 3.88. The second-order valence-corrected chi connectivity index (χ2v) is 5.17. The van der Waals surface area contributed by atoms with Crippen LogP contribution >= 0.6 is 0 Å². The van der Waals surface area contributed by atoms with Crippen LogP contribution in [0.1, 0.15) is 40.0 Å². The molecular weight excluding hydrogens is 277 g/mol. The highest BCUT2D eigenvalue weighted by molar-refractivity contribution is 5.96. The van der Waals surface area contributed by atoms with Crippen molar-refractivity contribution in [3.8, 4) is 0 Å². The number of hydrogen-bond acceptors (Lipinski definition) is 3. The summed E-state index contributed by atoms with van der Waals surface area (Å²) in [5.41, 5.74) is -0.328. The maximum atomic E-state index is 13.8. The summed E-state index contributed by atoms with van der Waals surface area (Å²) in [6, 6.07) is 3.26. The van der Waals surface area contributed by atoms with Gasteiger partial charge in [0.25, 0.3) is 5.91 Å². The lowest BCUT2D eigenvalue weighted by Crippen LogP contribution is -2.33. The second-order valence-electron chi connectivity index (χ2n) is 5.17. The first-order chi connectivity index (χ1) is 10.0. The summed E-state index contributed by atoms with van der Waals surface area (Å²) >= 11 is 0. The molecule has 1 saturated carbocycles. The maximum Gasteiger partial charge on any atom is 0.335 e. The van der Waals surface area contributed by atoms with Crippen molar-refractivity contribution < 1.29 is 23.8 Å². The van der Waals surface area contributed by atoms with E-state index in [1.54, 1.807) is 7.11 Å². The fourth-order valence-corrected chi connectivity index (χ4v) is 2.70. The first-order valence-corrected chi connectivity index (χ1v) is 6.86. The Morgan fingerprint density at radius 1 is 1.43 bits per heavy atom. The van der Waals surface area contributed by atoms with Crippen LogP contribution in [0.3, 0.4) is 0 Å². The van der Waals surface area contributed by atoms with Crippen molar-refractivity contribution in [1.29, 1.82) is 0 Å². The van der Waals surface area contributed by atoms with Gasteiger partial charge >= 0.3 is 5.97 Å². The highest BCUT2D eigenvalue weighted by Gasteiger charge is 2.27. The number of carboxylic acid groups (broad SMARTS) is 1. The van der Waals surface area contributed by atoms with Crippen LogP contribution < -0.4 is 5.32 Å². The van der Waals surface area contributed by atoms with Crippen LogP contribution in [-0.2, 0) is 4.74 Å². The molecule has 0 spiro atoms. The van der Waals surface area contributed by atoms with E-state index in [-0.39, 0.29) is 23.1 Å². The van der Waals surface area contributed by atoms with Crippen LogP contribution in [0, 0.1) is 11.7 Å². The molecule has 5 nitrogen and oxygen atoms in total. The quantitative estimate of drug-likeness (QED) is 0.872. The molecule has 114 valence electrons. The van der Waals surface area contributed by atoms with E-state index in [1.807, 2.05) is 0 Å². The summed E-state index contributed by atoms with van der Waals surface area (Å²) in [5, 5.41) is 11.4. The molecule has 0 saturated heterocycles. The van der Waals surface area contributed by atoms with E-state index in [1.165, 1.54) is 12.1 Å². The molecule has 0 radical (unpaired) electrons. The Kier molecular flexibility index (Phi) is 4.90. The van der Waals surface area contributed by atoms with Gasteiger partial charge in [0.1, 0.15) is 5.82 Å². The van der Waals surface area contributed by atoms with Crippen molar-refractivity contribution in [3.63, 3.8) is 0 Å². The van der Waals surface area contributed by atoms with Crippen molar-refractivity contribution in [2.45, 2.75) is 25.4 Å². The molecule has 2 rings (SSSR count). The number of carboxylic acids is 1. The number of ether oxygens (including phenoxy) is 1. The molecule has 2 unspecified atom stereocenters. The van der Waals surface area contributed by atoms with Gasteiger partial charge in [-0.3, -0.25) is 4.79 Å². The van der Waals surface area contributed by atoms with Gasteiger partial charge in [0.2, 0.25) is 0 Å². The fourth-order valence-electron chi connectivity index (χ4n) is 2.70. The van der Waals surface area contributed by atoms with Gasteiger partial charge in [0.05, 0.1) is 17.2 Å². The molecule has 0 heterocycles. The van der Waals surface area contributed by atoms with E-state index in [0.29, 0.717) is 6.54 Å². The Morgan fingerprint density at radius 2 is 2.19 bits per heavy atom. The van der Waals surface area contributed by atoms with Gasteiger partial charge < -0.3 is 15.2 Å². The van der Waals surface area contributed by atoms with Crippen LogP contribution in [0.4, 0.5) is 4.39 Å². The molecule has 1 aromatic rings. The summed E-state index contributed by atoms with van der Waals surface area (Å²) in [6.07, 6.45) is 3.13. The lowest BCUT2D eigenvalue weighted by atomic mass is 10.1. The lowest BCUT2D eigenvalue weighted by Gasteiger charge is -2.18. The number of hydrogen-bond donors (Lipinski definition) is 2. The Balaban J connectivity index is 1.99. The van der Waals surface area contributed by atoms with E-state index in [2.05, 4.69) is 5.32 Å². The van der Waals surface area contributed by atoms with E-state index in [4.69, 9.17) is 9.84 Å². The predicted molar refractivity (Wildman–Crippen MR) is 73.8 cm³/mol. The largest absolute Gasteiger partial charge is 0.478 e. The third-order valence-corrected chi connectivity index (χ3v) is 3.88. The zero-order valence-corrected chi connectivity index (χ0v) is 11.8. The van der Waals surface area contributed by atoms with Crippen molar-refractivity contribution in [1.82, 2.24) is 5.32 Å². The Hall–Kier alpha value is -1.95. The van der Waals surface area contributed by atoms with Crippen molar-refractivity contribution in [2.24, 2.45) is 5.92 Å². The number of carbonyl (C=O) groups is 2. The Bertz CT molecular complexity index is 546. The van der Waals surface area contributed by atoms with E-state index in [0.717, 1.165) is 25.3 Å². The molecule has 0 aromatic heterocycles. The Morgan fingerprint density at radius 3 is 2.81 bits per heavy atom. The number of aromatic carboxylic acids is 1. The zero-order chi connectivity index (χ0) is 15.4. The van der Waals surface area contributed by atoms with Gasteiger partial charge in [-0.1, -0.05) is 6.42 Å². The van der Waals surface area contributed by atoms with Crippen LogP contribution in [0.2, 0.25) is 0 Å². The SMILES string of the molecule is COC1CCCC1CNC(=O)c1ccc(C(=O)O)cc1F. The average molecular weight is 295 g/mol. The minimum Gasteiger partial charge on any atom is -0.478 e. The standard InChI is InChI=1S/C15H18FNO4/c1-21-13-4-2-3-10(13)8-17-14(18)11-6-5-9(15(19)20)7-12(11)16/h5-7,10,13H,2-4,8H2,1H3,(H,17,18)(H,19,20). The molecule has 1 aliphatic rings. The molecule has 1 aromatic carbocycles. The molecule has 1 fully saturated rings. The number of rotatable bonds is 5. The zero-order valence-electron chi connectivity index (χ0n) is 11.8. The summed E-state index contributed by atoms with van der Waals surface area (Å²) in [5.74, 6) is -2.36. The number of amides is 1. The van der Waals surface area contributed by atoms with Gasteiger partial charge in [-0.2, -0.15) is 0 Å². The minimum absolute atomic E-state index is 0.129. The molecular formula is C15H18FNO4. The summed E-state index contributed by atoms with van der Waals surface area (Å²) in [7, 11) is 1.65. The van der Waals surface area contributed by atoms with Gasteiger partial charge in [-0.05, 0) is 31.0 Å². The number of nitrogens with one attached hydrogen (secondary N) is 1. The molecule has 1 aliphatic carbocycles. The molecule has 6 heteroatoms. The molecule has 21 heavy (non-hydrogen) atoms. The topological polar surface area (TPSA) is 75.6 Å². The van der Waals surface area contributed by atoms with Crippen LogP contribution in [-0.4, -0.2) is 36.7 Å². The van der Waals surface area contributed by atoms with Gasteiger partial charge in [-0.25, -0.2) is 9.18 Å². The number of benzene rings is 1. The first-order valence-electron chi connectivity index (χ1n) is 6.86. The molecule has 2 N–H and O–H groups in total. The van der Waals surface area contributed by atoms with E-state index < -0.39 is 17.7 Å². The number of halogens is 1.